The van der Waals surface area contributed by atoms with Gasteiger partial charge >= 0.3 is 0 Å². The number of carbonyl (C=O) groups is 1. The van der Waals surface area contributed by atoms with Gasteiger partial charge in [-0.1, -0.05) is 0 Å². The minimum atomic E-state index is -0.776. The lowest BCUT2D eigenvalue weighted by molar-refractivity contribution is -0.123. The topological polar surface area (TPSA) is 52.9 Å². The molecule has 0 radical (unpaired) electrons. The van der Waals surface area contributed by atoms with E-state index in [0.717, 1.165) is 6.07 Å². The number of carbonyl (C=O) groups excluding carboxylic acids is 1. The Labute approximate surface area is 104 Å². The SMILES string of the molecule is CC(C)(CCl)C(=O)Nc1ccc(C#N)cc1F. The van der Waals surface area contributed by atoms with Crippen LogP contribution in [0, 0.1) is 22.6 Å². The number of nitriles is 1. The van der Waals surface area contributed by atoms with E-state index in [0.29, 0.717) is 0 Å². The molecule has 0 fully saturated rings. The number of benzene rings is 1. The van der Waals surface area contributed by atoms with Gasteiger partial charge < -0.3 is 5.32 Å². The van der Waals surface area contributed by atoms with Crippen LogP contribution in [0.2, 0.25) is 0 Å². The molecule has 0 heterocycles. The summed E-state index contributed by atoms with van der Waals surface area (Å²) >= 11 is 5.64. The molecule has 90 valence electrons. The van der Waals surface area contributed by atoms with Crippen molar-refractivity contribution in [1.29, 1.82) is 5.26 Å². The summed E-state index contributed by atoms with van der Waals surface area (Å²) in [5, 5.41) is 11.0. The highest BCUT2D eigenvalue weighted by atomic mass is 35.5. The highest BCUT2D eigenvalue weighted by Gasteiger charge is 2.27. The molecule has 0 atom stereocenters. The Hall–Kier alpha value is -1.60. The van der Waals surface area contributed by atoms with Crippen molar-refractivity contribution < 1.29 is 9.18 Å². The summed E-state index contributed by atoms with van der Waals surface area (Å²) in [5.41, 5.74) is -0.522. The van der Waals surface area contributed by atoms with Crippen molar-refractivity contribution in [1.82, 2.24) is 0 Å². The van der Waals surface area contributed by atoms with Crippen LogP contribution >= 0.6 is 11.6 Å². The second-order valence-corrected chi connectivity index (χ2v) is 4.55. The highest BCUT2D eigenvalue weighted by Crippen LogP contribution is 2.22. The summed E-state index contributed by atoms with van der Waals surface area (Å²) in [5.74, 6) is -0.865. The first kappa shape index (κ1) is 13.5. The molecular formula is C12H12ClFN2O. The molecule has 0 aromatic heterocycles. The van der Waals surface area contributed by atoms with E-state index in [-0.39, 0.29) is 23.0 Å². The number of hydrogen-bond donors (Lipinski definition) is 1. The predicted molar refractivity (Wildman–Crippen MR) is 64.2 cm³/mol. The van der Waals surface area contributed by atoms with Crippen molar-refractivity contribution in [3.63, 3.8) is 0 Å². The Kier molecular flexibility index (Phi) is 4.08. The molecule has 1 rings (SSSR count). The first-order valence-corrected chi connectivity index (χ1v) is 5.51. The fourth-order valence-electron chi connectivity index (χ4n) is 1.04. The molecule has 0 aliphatic carbocycles. The molecule has 0 aliphatic rings. The first-order chi connectivity index (χ1) is 7.90. The maximum absolute atomic E-state index is 13.5. The molecule has 1 amide bonds. The number of nitrogens with one attached hydrogen (secondary N) is 1. The summed E-state index contributed by atoms with van der Waals surface area (Å²) in [7, 11) is 0. The Balaban J connectivity index is 2.91. The Morgan fingerprint density at radius 1 is 1.59 bits per heavy atom. The van der Waals surface area contributed by atoms with Crippen LogP contribution in [0.5, 0.6) is 0 Å². The molecule has 1 aromatic carbocycles. The number of halogens is 2. The van der Waals surface area contributed by atoms with E-state index in [4.69, 9.17) is 16.9 Å². The van der Waals surface area contributed by atoms with Crippen LogP contribution in [0.3, 0.4) is 0 Å². The number of alkyl halides is 1. The molecular weight excluding hydrogens is 243 g/mol. The van der Waals surface area contributed by atoms with E-state index in [9.17, 15) is 9.18 Å². The molecule has 0 unspecified atom stereocenters. The summed E-state index contributed by atoms with van der Waals surface area (Å²) in [4.78, 5) is 11.7. The van der Waals surface area contributed by atoms with Crippen molar-refractivity contribution in [3.05, 3.63) is 29.6 Å². The highest BCUT2D eigenvalue weighted by molar-refractivity contribution is 6.20. The average molecular weight is 255 g/mol. The molecule has 0 saturated carbocycles. The Morgan fingerprint density at radius 3 is 2.71 bits per heavy atom. The second kappa shape index (κ2) is 5.15. The number of anilines is 1. The third-order valence-electron chi connectivity index (χ3n) is 2.30. The maximum Gasteiger partial charge on any atom is 0.231 e. The van der Waals surface area contributed by atoms with Gasteiger partial charge in [-0.15, -0.1) is 11.6 Å². The third-order valence-corrected chi connectivity index (χ3v) is 2.96. The van der Waals surface area contributed by atoms with E-state index < -0.39 is 11.2 Å². The summed E-state index contributed by atoms with van der Waals surface area (Å²) in [6.07, 6.45) is 0. The van der Waals surface area contributed by atoms with Crippen molar-refractivity contribution in [3.8, 4) is 6.07 Å². The molecule has 0 aliphatic heterocycles. The van der Waals surface area contributed by atoms with E-state index in [1.165, 1.54) is 12.1 Å². The van der Waals surface area contributed by atoms with Gasteiger partial charge in [-0.25, -0.2) is 4.39 Å². The largest absolute Gasteiger partial charge is 0.323 e. The molecule has 1 aromatic rings. The minimum absolute atomic E-state index is 0.0483. The zero-order valence-electron chi connectivity index (χ0n) is 9.55. The van der Waals surface area contributed by atoms with Crippen molar-refractivity contribution in [2.24, 2.45) is 5.41 Å². The zero-order valence-corrected chi connectivity index (χ0v) is 10.3. The van der Waals surface area contributed by atoms with Gasteiger partial charge in [0.1, 0.15) is 5.82 Å². The van der Waals surface area contributed by atoms with E-state index in [2.05, 4.69) is 5.32 Å². The van der Waals surface area contributed by atoms with Gasteiger partial charge in [0.15, 0.2) is 0 Å². The smallest absolute Gasteiger partial charge is 0.231 e. The average Bonchev–Trinajstić information content (AvgIpc) is 2.31. The minimum Gasteiger partial charge on any atom is -0.323 e. The first-order valence-electron chi connectivity index (χ1n) is 4.98. The van der Waals surface area contributed by atoms with Crippen molar-refractivity contribution in [2.45, 2.75) is 13.8 Å². The summed E-state index contributed by atoms with van der Waals surface area (Å²) < 4.78 is 13.5. The molecule has 3 nitrogen and oxygen atoms in total. The van der Waals surface area contributed by atoms with Gasteiger partial charge in [0, 0.05) is 5.88 Å². The van der Waals surface area contributed by atoms with Crippen LogP contribution in [0.1, 0.15) is 19.4 Å². The van der Waals surface area contributed by atoms with Crippen LogP contribution < -0.4 is 5.32 Å². The number of hydrogen-bond acceptors (Lipinski definition) is 2. The quantitative estimate of drug-likeness (QED) is 0.844. The van der Waals surface area contributed by atoms with E-state index in [1.807, 2.05) is 6.07 Å². The standard InChI is InChI=1S/C12H12ClFN2O/c1-12(2,7-13)11(17)16-10-4-3-8(6-15)5-9(10)14/h3-5H,7H2,1-2H3,(H,16,17). The molecule has 0 saturated heterocycles. The summed E-state index contributed by atoms with van der Waals surface area (Å²) in [6, 6.07) is 5.68. The van der Waals surface area contributed by atoms with Gasteiger partial charge in [0.05, 0.1) is 22.7 Å². The number of rotatable bonds is 3. The zero-order chi connectivity index (χ0) is 13.1. The van der Waals surface area contributed by atoms with Crippen LogP contribution in [0.25, 0.3) is 0 Å². The van der Waals surface area contributed by atoms with Gasteiger partial charge in [-0.3, -0.25) is 4.79 Å². The van der Waals surface area contributed by atoms with E-state index >= 15 is 0 Å². The van der Waals surface area contributed by atoms with Gasteiger partial charge in [-0.05, 0) is 32.0 Å². The Morgan fingerprint density at radius 2 is 2.24 bits per heavy atom. The van der Waals surface area contributed by atoms with Gasteiger partial charge in [-0.2, -0.15) is 5.26 Å². The fraction of sp³-hybridized carbons (Fsp3) is 0.333. The van der Waals surface area contributed by atoms with Crippen molar-refractivity contribution in [2.75, 3.05) is 11.2 Å². The monoisotopic (exact) mass is 254 g/mol. The maximum atomic E-state index is 13.5. The molecule has 5 heteroatoms. The lowest BCUT2D eigenvalue weighted by Crippen LogP contribution is -2.32. The van der Waals surface area contributed by atoms with Crippen LogP contribution in [0.15, 0.2) is 18.2 Å². The number of nitrogens with zero attached hydrogens (tertiary/aromatic N) is 1. The summed E-state index contributed by atoms with van der Waals surface area (Å²) in [6.45, 7) is 3.33. The second-order valence-electron chi connectivity index (χ2n) is 4.28. The van der Waals surface area contributed by atoms with Crippen LogP contribution in [0.4, 0.5) is 10.1 Å². The van der Waals surface area contributed by atoms with Gasteiger partial charge in [0.25, 0.3) is 0 Å². The lowest BCUT2D eigenvalue weighted by Gasteiger charge is -2.20. The lowest BCUT2D eigenvalue weighted by atomic mass is 9.95. The third kappa shape index (κ3) is 3.18. The molecule has 0 spiro atoms. The molecule has 17 heavy (non-hydrogen) atoms. The molecule has 0 bridgehead atoms. The fourth-order valence-corrected chi connectivity index (χ4v) is 1.16. The normalized spacial score (nSPS) is 10.8. The predicted octanol–water partition coefficient (Wildman–Crippen LogP) is 2.90. The van der Waals surface area contributed by atoms with Crippen LogP contribution in [-0.2, 0) is 4.79 Å². The van der Waals surface area contributed by atoms with E-state index in [1.54, 1.807) is 13.8 Å². The molecule has 1 N–H and O–H groups in total. The van der Waals surface area contributed by atoms with Gasteiger partial charge in [0.2, 0.25) is 5.91 Å². The Bertz CT molecular complexity index is 480. The number of amides is 1. The van der Waals surface area contributed by atoms with Crippen LogP contribution in [-0.4, -0.2) is 11.8 Å². The van der Waals surface area contributed by atoms with Crippen molar-refractivity contribution >= 4 is 23.2 Å².